The molecule has 1 N–H and O–H groups in total. The van der Waals surface area contributed by atoms with Crippen molar-refractivity contribution in [2.24, 2.45) is 0 Å². The maximum atomic E-state index is 13.0. The fourth-order valence-electron chi connectivity index (χ4n) is 1.21. The van der Waals surface area contributed by atoms with Crippen molar-refractivity contribution in [2.45, 2.75) is 13.8 Å². The zero-order valence-corrected chi connectivity index (χ0v) is 11.4. The average Bonchev–Trinajstić information content (AvgIpc) is 2.33. The average molecular weight is 292 g/mol. The van der Waals surface area contributed by atoms with Crippen molar-refractivity contribution in [3.05, 3.63) is 38.7 Å². The van der Waals surface area contributed by atoms with Gasteiger partial charge in [0.05, 0.1) is 19.4 Å². The van der Waals surface area contributed by atoms with Gasteiger partial charge in [0.2, 0.25) is 5.82 Å². The van der Waals surface area contributed by atoms with Crippen LogP contribution in [0.15, 0.2) is 21.6 Å². The second kappa shape index (κ2) is 6.60. The minimum Gasteiger partial charge on any atom is -0.306 e. The number of hydrogen-bond donors (Lipinski definition) is 1. The van der Waals surface area contributed by atoms with Crippen molar-refractivity contribution < 1.29 is 18.0 Å². The number of halogens is 1. The summed E-state index contributed by atoms with van der Waals surface area (Å²) in [6.45, 7) is 3.56. The van der Waals surface area contributed by atoms with E-state index < -0.39 is 24.7 Å². The summed E-state index contributed by atoms with van der Waals surface area (Å²) >= 11 is 0. The van der Waals surface area contributed by atoms with Gasteiger partial charge in [0, 0.05) is 12.0 Å². The number of aromatic amines is 1. The number of H-pyrrole nitrogens is 1. The van der Waals surface area contributed by atoms with Crippen LogP contribution in [-0.4, -0.2) is 22.8 Å². The second-order valence-corrected chi connectivity index (χ2v) is 5.21. The largest absolute Gasteiger partial charge is 0.355 e. The van der Waals surface area contributed by atoms with Crippen molar-refractivity contribution in [1.82, 2.24) is 9.55 Å². The first kappa shape index (κ1) is 15.6. The maximum Gasteiger partial charge on any atom is 0.355 e. The van der Waals surface area contributed by atoms with Crippen LogP contribution in [0.25, 0.3) is 6.20 Å². The molecule has 0 aromatic carbocycles. The first-order valence-electron chi connectivity index (χ1n) is 5.51. The van der Waals surface area contributed by atoms with Crippen LogP contribution in [0, 0.1) is 5.82 Å². The van der Waals surface area contributed by atoms with Gasteiger partial charge in [0.1, 0.15) is 0 Å². The lowest BCUT2D eigenvalue weighted by Crippen LogP contribution is -2.28. The Kier molecular flexibility index (Phi) is 5.41. The second-order valence-electron chi connectivity index (χ2n) is 3.32. The number of aromatic nitrogens is 2. The lowest BCUT2D eigenvalue weighted by Gasteiger charge is -2.12. The van der Waals surface area contributed by atoms with Crippen molar-refractivity contribution >= 4 is 13.8 Å². The number of rotatable bonds is 6. The predicted molar refractivity (Wildman–Crippen MR) is 67.5 cm³/mol. The number of hydrogen-bond acceptors (Lipinski definition) is 5. The van der Waals surface area contributed by atoms with E-state index in [2.05, 4.69) is 0 Å². The molecule has 0 bridgehead atoms. The highest BCUT2D eigenvalue weighted by Gasteiger charge is 2.19. The molecule has 19 heavy (non-hydrogen) atoms. The molecule has 0 atom stereocenters. The Balaban J connectivity index is 3.09. The van der Waals surface area contributed by atoms with Crippen molar-refractivity contribution in [1.29, 1.82) is 0 Å². The third-order valence-corrected chi connectivity index (χ3v) is 3.69. The summed E-state index contributed by atoms with van der Waals surface area (Å²) < 4.78 is 35.7. The van der Waals surface area contributed by atoms with Gasteiger partial charge < -0.3 is 9.05 Å². The summed E-state index contributed by atoms with van der Waals surface area (Å²) in [6, 6.07) is 0. The molecule has 7 nitrogen and oxygen atoms in total. The van der Waals surface area contributed by atoms with Gasteiger partial charge in [-0.2, -0.15) is 4.39 Å². The summed E-state index contributed by atoms with van der Waals surface area (Å²) in [5.74, 6) is -0.106. The minimum atomic E-state index is -3.49. The van der Waals surface area contributed by atoms with Gasteiger partial charge in [-0.1, -0.05) is 0 Å². The zero-order valence-electron chi connectivity index (χ0n) is 10.5. The van der Waals surface area contributed by atoms with E-state index in [1.54, 1.807) is 18.8 Å². The lowest BCUT2D eigenvalue weighted by atomic mass is 10.6. The van der Waals surface area contributed by atoms with Crippen LogP contribution in [0.3, 0.4) is 0 Å². The Labute approximate surface area is 108 Å². The van der Waals surface area contributed by atoms with Crippen LogP contribution in [-0.2, 0) is 13.6 Å². The summed E-state index contributed by atoms with van der Waals surface area (Å²) in [5.41, 5.74) is -1.98. The molecule has 1 aromatic rings. The molecule has 0 saturated heterocycles. The van der Waals surface area contributed by atoms with Crippen LogP contribution in [0.4, 0.5) is 4.39 Å². The standard InChI is InChI=1S/C10H14FN2O5P/c1-3-17-19(16,18-4-2)6-5-13-7-8(11)9(14)12-10(13)15/h5-7H,3-4H2,1-2H3,(H,12,14,15)/b6-5-. The molecule has 0 amide bonds. The monoisotopic (exact) mass is 292 g/mol. The number of nitrogens with one attached hydrogen (secondary N) is 1. The van der Waals surface area contributed by atoms with E-state index in [0.29, 0.717) is 6.20 Å². The van der Waals surface area contributed by atoms with E-state index in [4.69, 9.17) is 9.05 Å². The fraction of sp³-hybridized carbons (Fsp3) is 0.400. The maximum absolute atomic E-state index is 13.0. The van der Waals surface area contributed by atoms with Crippen molar-refractivity contribution in [3.63, 3.8) is 0 Å². The van der Waals surface area contributed by atoms with E-state index in [1.807, 2.05) is 0 Å². The van der Waals surface area contributed by atoms with Crippen LogP contribution in [0.2, 0.25) is 0 Å². The SMILES string of the molecule is CCOP(=O)(/C=C\n1cc(F)c(=O)[nH]c1=O)OCC. The van der Waals surface area contributed by atoms with Gasteiger partial charge >= 0.3 is 13.3 Å². The first-order chi connectivity index (χ1) is 8.91. The first-order valence-corrected chi connectivity index (χ1v) is 7.12. The Hall–Kier alpha value is -1.50. The molecule has 0 aliphatic heterocycles. The molecular weight excluding hydrogens is 278 g/mol. The van der Waals surface area contributed by atoms with Crippen LogP contribution >= 0.6 is 7.60 Å². The fourth-order valence-corrected chi connectivity index (χ4v) is 2.48. The molecule has 0 unspecified atom stereocenters. The molecule has 1 heterocycles. The third kappa shape index (κ3) is 4.27. The van der Waals surface area contributed by atoms with Gasteiger partial charge in [-0.25, -0.2) is 4.79 Å². The summed E-state index contributed by atoms with van der Waals surface area (Å²) in [4.78, 5) is 23.9. The van der Waals surface area contributed by atoms with Crippen molar-refractivity contribution in [3.8, 4) is 0 Å². The topological polar surface area (TPSA) is 90.4 Å². The van der Waals surface area contributed by atoms with E-state index in [1.165, 1.54) is 0 Å². The van der Waals surface area contributed by atoms with Crippen LogP contribution in [0.5, 0.6) is 0 Å². The molecule has 0 saturated carbocycles. The molecule has 0 aliphatic carbocycles. The summed E-state index contributed by atoms with van der Waals surface area (Å²) in [7, 11) is -3.49. The quantitative estimate of drug-likeness (QED) is 0.800. The Morgan fingerprint density at radius 1 is 1.37 bits per heavy atom. The molecule has 0 aliphatic rings. The minimum absolute atomic E-state index is 0.149. The van der Waals surface area contributed by atoms with E-state index in [-0.39, 0.29) is 13.2 Å². The van der Waals surface area contributed by atoms with Gasteiger partial charge in [-0.15, -0.1) is 0 Å². The molecule has 1 aromatic heterocycles. The van der Waals surface area contributed by atoms with Gasteiger partial charge in [0.25, 0.3) is 5.56 Å². The van der Waals surface area contributed by atoms with Crippen molar-refractivity contribution in [2.75, 3.05) is 13.2 Å². The van der Waals surface area contributed by atoms with Gasteiger partial charge in [-0.05, 0) is 13.8 Å². The lowest BCUT2D eigenvalue weighted by molar-refractivity contribution is 0.229. The Morgan fingerprint density at radius 2 is 1.95 bits per heavy atom. The van der Waals surface area contributed by atoms with Gasteiger partial charge in [0.15, 0.2) is 0 Å². The van der Waals surface area contributed by atoms with E-state index >= 15 is 0 Å². The highest BCUT2D eigenvalue weighted by atomic mass is 31.2. The summed E-state index contributed by atoms with van der Waals surface area (Å²) in [6.07, 6.45) is 1.70. The Morgan fingerprint density at radius 3 is 2.47 bits per heavy atom. The molecule has 1 rings (SSSR count). The summed E-state index contributed by atoms with van der Waals surface area (Å²) in [5, 5.41) is 0. The normalized spacial score (nSPS) is 12.2. The molecule has 0 spiro atoms. The Bertz CT molecular complexity index is 611. The van der Waals surface area contributed by atoms with Gasteiger partial charge in [-0.3, -0.25) is 18.9 Å². The van der Waals surface area contributed by atoms with Crippen LogP contribution in [0.1, 0.15) is 13.8 Å². The molecule has 9 heteroatoms. The molecular formula is C10H14FN2O5P. The zero-order chi connectivity index (χ0) is 14.5. The van der Waals surface area contributed by atoms with E-state index in [9.17, 15) is 18.5 Å². The third-order valence-electron chi connectivity index (χ3n) is 1.95. The smallest absolute Gasteiger partial charge is 0.306 e. The molecule has 106 valence electrons. The molecule has 0 fully saturated rings. The highest BCUT2D eigenvalue weighted by molar-refractivity contribution is 7.57. The molecule has 0 radical (unpaired) electrons. The highest BCUT2D eigenvalue weighted by Crippen LogP contribution is 2.49. The number of nitrogens with zero attached hydrogens (tertiary/aromatic N) is 1. The van der Waals surface area contributed by atoms with Crippen LogP contribution < -0.4 is 11.2 Å². The predicted octanol–water partition coefficient (Wildman–Crippen LogP) is 1.37. The van der Waals surface area contributed by atoms with E-state index in [0.717, 1.165) is 16.6 Å².